The number of anilines is 1. The Morgan fingerprint density at radius 3 is 2.15 bits per heavy atom. The van der Waals surface area contributed by atoms with Crippen molar-refractivity contribution in [1.29, 1.82) is 0 Å². The van der Waals surface area contributed by atoms with Crippen molar-refractivity contribution in [2.45, 2.75) is 44.1 Å². The minimum absolute atomic E-state index is 0.106. The number of alkyl halides is 3. The molecule has 1 unspecified atom stereocenters. The third kappa shape index (κ3) is 6.71. The summed E-state index contributed by atoms with van der Waals surface area (Å²) >= 11 is 0. The maximum Gasteiger partial charge on any atom is 0.573 e. The number of halogens is 5. The van der Waals surface area contributed by atoms with E-state index in [1.54, 1.807) is 13.0 Å². The van der Waals surface area contributed by atoms with Crippen LogP contribution in [0.2, 0.25) is 0 Å². The second kappa shape index (κ2) is 12.4. The summed E-state index contributed by atoms with van der Waals surface area (Å²) in [5.74, 6) is -6.29. The number of carbonyl (C=O) groups excluding carboxylic acids is 2. The van der Waals surface area contributed by atoms with Crippen molar-refractivity contribution in [2.75, 3.05) is 30.1 Å². The van der Waals surface area contributed by atoms with Crippen molar-refractivity contribution < 1.29 is 49.4 Å². The highest BCUT2D eigenvalue weighted by Gasteiger charge is 2.46. The summed E-state index contributed by atoms with van der Waals surface area (Å²) in [4.78, 5) is 42.0. The first-order valence-electron chi connectivity index (χ1n) is 14.0. The zero-order chi connectivity index (χ0) is 33.6. The molecule has 5 rings (SSSR count). The number of pyridine rings is 1. The maximum atomic E-state index is 15.4. The van der Waals surface area contributed by atoms with E-state index in [1.807, 2.05) is 0 Å². The lowest BCUT2D eigenvalue weighted by atomic mass is 9.92. The molecule has 246 valence electrons. The molecular formula is C30H28F5N3O7S. The van der Waals surface area contributed by atoms with E-state index >= 15 is 8.78 Å². The molecular weight excluding hydrogens is 641 g/mol. The topological polar surface area (TPSA) is 124 Å². The van der Waals surface area contributed by atoms with Crippen molar-refractivity contribution in [3.05, 3.63) is 87.3 Å². The van der Waals surface area contributed by atoms with Gasteiger partial charge in [-0.1, -0.05) is 0 Å². The minimum Gasteiger partial charge on any atom is -0.497 e. The number of hydrogen-bond acceptors (Lipinski definition) is 7. The SMILES string of the molecule is COc1cc(F)c([C@@H]2CN(c3c(C)ccn(C4CCS(=O)(=O)CC4)c3=O)C(=O)C2NC(=O)c2ccc(OC(F)(F)F)cc2)c(F)c1. The average molecular weight is 670 g/mol. The van der Waals surface area contributed by atoms with Gasteiger partial charge in [0, 0.05) is 48.0 Å². The summed E-state index contributed by atoms with van der Waals surface area (Å²) in [5, 5.41) is 2.44. The average Bonchev–Trinajstić information content (AvgIpc) is 3.27. The minimum atomic E-state index is -4.97. The van der Waals surface area contributed by atoms with Gasteiger partial charge in [-0.05, 0) is 55.7 Å². The van der Waals surface area contributed by atoms with Crippen molar-refractivity contribution in [3.8, 4) is 11.5 Å². The molecule has 2 amide bonds. The molecule has 46 heavy (non-hydrogen) atoms. The number of aromatic nitrogens is 1. The smallest absolute Gasteiger partial charge is 0.497 e. The van der Waals surface area contributed by atoms with Crippen molar-refractivity contribution in [2.24, 2.45) is 0 Å². The van der Waals surface area contributed by atoms with Crippen molar-refractivity contribution in [1.82, 2.24) is 9.88 Å². The van der Waals surface area contributed by atoms with Crippen LogP contribution in [0.4, 0.5) is 27.6 Å². The van der Waals surface area contributed by atoms with Gasteiger partial charge in [0.25, 0.3) is 11.5 Å². The second-order valence-electron chi connectivity index (χ2n) is 11.0. The fraction of sp³-hybridized carbons (Fsp3) is 0.367. The lowest BCUT2D eigenvalue weighted by molar-refractivity contribution is -0.274. The summed E-state index contributed by atoms with van der Waals surface area (Å²) in [7, 11) is -2.04. The molecule has 2 aromatic carbocycles. The number of rotatable bonds is 7. The molecule has 2 saturated heterocycles. The number of ether oxygens (including phenoxy) is 2. The van der Waals surface area contributed by atoms with Crippen molar-refractivity contribution in [3.63, 3.8) is 0 Å². The van der Waals surface area contributed by atoms with E-state index in [0.717, 1.165) is 41.3 Å². The third-order valence-corrected chi connectivity index (χ3v) is 9.81. The Balaban J connectivity index is 1.52. The highest BCUT2D eigenvalue weighted by atomic mass is 32.2. The van der Waals surface area contributed by atoms with E-state index < -0.39 is 81.1 Å². The molecule has 3 aromatic rings. The number of methoxy groups -OCH3 is 1. The fourth-order valence-corrected chi connectivity index (χ4v) is 7.29. The van der Waals surface area contributed by atoms with Gasteiger partial charge in [0.15, 0.2) is 0 Å². The van der Waals surface area contributed by atoms with Gasteiger partial charge in [0.2, 0.25) is 5.91 Å². The molecule has 0 aliphatic carbocycles. The largest absolute Gasteiger partial charge is 0.573 e. The lowest BCUT2D eigenvalue weighted by Crippen LogP contribution is -2.45. The summed E-state index contributed by atoms with van der Waals surface area (Å²) in [6.07, 6.45) is -3.12. The molecule has 2 fully saturated rings. The van der Waals surface area contributed by atoms with Crippen LogP contribution >= 0.6 is 0 Å². The Morgan fingerprint density at radius 1 is 0.978 bits per heavy atom. The standard InChI is InChI=1S/C30H28F5N3O7S/c1-16-7-10-37(18-8-11-46(42,43)12-9-18)29(41)26(16)38-15-21(24-22(31)13-20(44-2)14-23(24)32)25(28(38)40)36-27(39)17-3-5-19(6-4-17)45-30(33,34)35/h3-7,10,13-14,18,21,25H,8-9,11-12,15H2,1-2H3,(H,36,39)/t21-,25?/m0/s1. The van der Waals surface area contributed by atoms with Gasteiger partial charge < -0.3 is 24.3 Å². The number of nitrogens with zero attached hydrogens (tertiary/aromatic N) is 2. The normalized spacial score (nSPS) is 20.1. The zero-order valence-electron chi connectivity index (χ0n) is 24.4. The van der Waals surface area contributed by atoms with Crippen LogP contribution in [-0.4, -0.2) is 62.4 Å². The maximum absolute atomic E-state index is 15.4. The number of carbonyl (C=O) groups is 2. The monoisotopic (exact) mass is 669 g/mol. The summed E-state index contributed by atoms with van der Waals surface area (Å²) in [6, 6.07) is 5.10. The van der Waals surface area contributed by atoms with Crippen LogP contribution in [0.1, 0.15) is 46.3 Å². The fourth-order valence-electron chi connectivity index (χ4n) is 5.82. The quantitative estimate of drug-likeness (QED) is 0.377. The first-order valence-corrected chi connectivity index (χ1v) is 15.8. The van der Waals surface area contributed by atoms with Crippen LogP contribution in [0.3, 0.4) is 0 Å². The number of hydrogen-bond donors (Lipinski definition) is 1. The Labute approximate surface area is 259 Å². The highest BCUT2D eigenvalue weighted by molar-refractivity contribution is 7.91. The zero-order valence-corrected chi connectivity index (χ0v) is 25.3. The van der Waals surface area contributed by atoms with E-state index in [2.05, 4.69) is 10.1 Å². The van der Waals surface area contributed by atoms with Gasteiger partial charge in [-0.3, -0.25) is 14.4 Å². The van der Waals surface area contributed by atoms with Gasteiger partial charge in [-0.2, -0.15) is 0 Å². The van der Waals surface area contributed by atoms with E-state index in [-0.39, 0.29) is 41.3 Å². The highest BCUT2D eigenvalue weighted by Crippen LogP contribution is 2.37. The first-order chi connectivity index (χ1) is 21.6. The summed E-state index contributed by atoms with van der Waals surface area (Å²) in [6.45, 7) is 1.13. The number of nitrogens with one attached hydrogen (secondary N) is 1. The van der Waals surface area contributed by atoms with Gasteiger partial charge >= 0.3 is 6.36 Å². The predicted molar refractivity (Wildman–Crippen MR) is 155 cm³/mol. The molecule has 16 heteroatoms. The lowest BCUT2D eigenvalue weighted by Gasteiger charge is -2.26. The number of amides is 2. The number of benzene rings is 2. The van der Waals surface area contributed by atoms with Gasteiger partial charge in [-0.25, -0.2) is 17.2 Å². The summed E-state index contributed by atoms with van der Waals surface area (Å²) < 4.78 is 102. The van der Waals surface area contributed by atoms with Gasteiger partial charge in [0.1, 0.15) is 44.7 Å². The van der Waals surface area contributed by atoms with Crippen LogP contribution in [0.5, 0.6) is 11.5 Å². The Morgan fingerprint density at radius 2 is 1.59 bits per heavy atom. The van der Waals surface area contributed by atoms with Gasteiger partial charge in [0.05, 0.1) is 18.6 Å². The molecule has 3 heterocycles. The third-order valence-electron chi connectivity index (χ3n) is 8.09. The molecule has 10 nitrogen and oxygen atoms in total. The molecule has 0 saturated carbocycles. The molecule has 2 aliphatic rings. The number of sulfone groups is 1. The Kier molecular flexibility index (Phi) is 8.86. The van der Waals surface area contributed by atoms with Crippen LogP contribution in [0.25, 0.3) is 0 Å². The molecule has 2 atom stereocenters. The first kappa shape index (κ1) is 32.9. The molecule has 0 bridgehead atoms. The van der Waals surface area contributed by atoms with Crippen LogP contribution < -0.4 is 25.2 Å². The van der Waals surface area contributed by atoms with E-state index in [1.165, 1.54) is 17.9 Å². The van der Waals surface area contributed by atoms with Crippen LogP contribution in [0, 0.1) is 18.6 Å². The number of aryl methyl sites for hydroxylation is 1. The predicted octanol–water partition coefficient (Wildman–Crippen LogP) is 4.02. The Hall–Kier alpha value is -4.47. The van der Waals surface area contributed by atoms with Crippen LogP contribution in [0.15, 0.2) is 53.5 Å². The summed E-state index contributed by atoms with van der Waals surface area (Å²) in [5.41, 5.74) is -1.12. The van der Waals surface area contributed by atoms with Crippen molar-refractivity contribution >= 4 is 27.3 Å². The molecule has 2 aliphatic heterocycles. The van der Waals surface area contributed by atoms with Crippen LogP contribution in [-0.2, 0) is 14.6 Å². The second-order valence-corrected chi connectivity index (χ2v) is 13.3. The van der Waals surface area contributed by atoms with E-state index in [4.69, 9.17) is 4.74 Å². The Bertz CT molecular complexity index is 1810. The molecule has 1 N–H and O–H groups in total. The molecule has 0 spiro atoms. The van der Waals surface area contributed by atoms with E-state index in [9.17, 15) is 36.0 Å². The molecule has 0 radical (unpaired) electrons. The van der Waals surface area contributed by atoms with E-state index in [0.29, 0.717) is 5.56 Å². The van der Waals surface area contributed by atoms with Gasteiger partial charge in [-0.15, -0.1) is 13.2 Å². The molecule has 1 aromatic heterocycles.